The van der Waals surface area contributed by atoms with Crippen LogP contribution in [0.5, 0.6) is 0 Å². The van der Waals surface area contributed by atoms with Crippen molar-refractivity contribution in [3.8, 4) is 0 Å². The second-order valence-electron chi connectivity index (χ2n) is 4.07. The average molecular weight is 257 g/mol. The van der Waals surface area contributed by atoms with Crippen LogP contribution in [-0.4, -0.2) is 27.8 Å². The molecule has 0 spiro atoms. The number of amides is 1. The number of rotatable bonds is 5. The molecule has 0 fully saturated rings. The molecule has 0 unspecified atom stereocenters. The van der Waals surface area contributed by atoms with E-state index in [1.165, 1.54) is 12.4 Å². The summed E-state index contributed by atoms with van der Waals surface area (Å²) in [5.74, 6) is -0.206. The number of carbonyl (C=O) groups is 1. The summed E-state index contributed by atoms with van der Waals surface area (Å²) in [6, 6.07) is 9.66. The number of benzene rings is 1. The van der Waals surface area contributed by atoms with Crippen LogP contribution in [0.15, 0.2) is 42.7 Å². The first-order valence-corrected chi connectivity index (χ1v) is 6.04. The number of hydrogen-bond acceptors (Lipinski definition) is 4. The van der Waals surface area contributed by atoms with E-state index in [1.54, 1.807) is 0 Å². The maximum Gasteiger partial charge on any atom is 0.253 e. The summed E-state index contributed by atoms with van der Waals surface area (Å²) >= 11 is 0. The Labute approximate surface area is 111 Å². The third-order valence-corrected chi connectivity index (χ3v) is 2.73. The summed E-state index contributed by atoms with van der Waals surface area (Å²) in [5, 5.41) is 19.2. The zero-order valence-electron chi connectivity index (χ0n) is 10.4. The second-order valence-corrected chi connectivity index (χ2v) is 4.07. The van der Waals surface area contributed by atoms with Gasteiger partial charge >= 0.3 is 0 Å². The first-order chi connectivity index (χ1) is 9.31. The number of carbonyl (C=O) groups excluding carboxylic acids is 1. The smallest absolute Gasteiger partial charge is 0.253 e. The third kappa shape index (κ3) is 3.59. The molecule has 5 heteroatoms. The van der Waals surface area contributed by atoms with Crippen LogP contribution in [0.25, 0.3) is 0 Å². The Morgan fingerprint density at radius 2 is 1.89 bits per heavy atom. The molecule has 1 aromatic carbocycles. The van der Waals surface area contributed by atoms with Crippen molar-refractivity contribution < 1.29 is 9.90 Å². The van der Waals surface area contributed by atoms with Gasteiger partial charge in [0.25, 0.3) is 5.91 Å². The van der Waals surface area contributed by atoms with Gasteiger partial charge < -0.3 is 10.4 Å². The fraction of sp³-hybridized carbons (Fsp3) is 0.214. The van der Waals surface area contributed by atoms with Crippen LogP contribution in [-0.2, 0) is 13.0 Å². The lowest BCUT2D eigenvalue weighted by molar-refractivity contribution is 0.0949. The van der Waals surface area contributed by atoms with Crippen molar-refractivity contribution in [1.29, 1.82) is 0 Å². The standard InChI is InChI=1S/C14H15N3O2/c18-7-6-12-9-16-17-10-13(12)14(19)15-8-11-4-2-1-3-5-11/h1-5,9-10,18H,6-8H2,(H,15,19). The number of aliphatic hydroxyl groups is 1. The zero-order valence-corrected chi connectivity index (χ0v) is 10.4. The molecule has 98 valence electrons. The van der Waals surface area contributed by atoms with Crippen LogP contribution in [0.1, 0.15) is 21.5 Å². The van der Waals surface area contributed by atoms with Gasteiger partial charge in [-0.15, -0.1) is 0 Å². The molecule has 2 N–H and O–H groups in total. The maximum atomic E-state index is 12.1. The molecule has 0 bridgehead atoms. The summed E-state index contributed by atoms with van der Waals surface area (Å²) < 4.78 is 0. The molecule has 0 saturated heterocycles. The first kappa shape index (κ1) is 13.2. The third-order valence-electron chi connectivity index (χ3n) is 2.73. The monoisotopic (exact) mass is 257 g/mol. The lowest BCUT2D eigenvalue weighted by atomic mass is 10.1. The highest BCUT2D eigenvalue weighted by Gasteiger charge is 2.11. The lowest BCUT2D eigenvalue weighted by Crippen LogP contribution is -2.24. The molecule has 0 aliphatic carbocycles. The number of nitrogens with one attached hydrogen (secondary N) is 1. The molecule has 1 heterocycles. The van der Waals surface area contributed by atoms with Crippen molar-refractivity contribution in [3.63, 3.8) is 0 Å². The van der Waals surface area contributed by atoms with Gasteiger partial charge in [0.15, 0.2) is 0 Å². The highest BCUT2D eigenvalue weighted by molar-refractivity contribution is 5.95. The fourth-order valence-electron chi connectivity index (χ4n) is 1.74. The molecule has 1 aromatic heterocycles. The molecule has 2 aromatic rings. The minimum atomic E-state index is -0.206. The van der Waals surface area contributed by atoms with Crippen LogP contribution < -0.4 is 5.32 Å². The van der Waals surface area contributed by atoms with E-state index in [0.29, 0.717) is 24.1 Å². The summed E-state index contributed by atoms with van der Waals surface area (Å²) in [7, 11) is 0. The Morgan fingerprint density at radius 1 is 1.16 bits per heavy atom. The quantitative estimate of drug-likeness (QED) is 0.836. The summed E-state index contributed by atoms with van der Waals surface area (Å²) in [5.41, 5.74) is 2.18. The summed E-state index contributed by atoms with van der Waals surface area (Å²) in [6.45, 7) is 0.436. The lowest BCUT2D eigenvalue weighted by Gasteiger charge is -2.08. The Kier molecular flexibility index (Phi) is 4.58. The van der Waals surface area contributed by atoms with Crippen LogP contribution in [0.4, 0.5) is 0 Å². The molecule has 0 atom stereocenters. The highest BCUT2D eigenvalue weighted by atomic mass is 16.3. The summed E-state index contributed by atoms with van der Waals surface area (Å²) in [6.07, 6.45) is 3.32. The minimum absolute atomic E-state index is 0.0232. The van der Waals surface area contributed by atoms with Gasteiger partial charge in [-0.2, -0.15) is 10.2 Å². The SMILES string of the molecule is O=C(NCc1ccccc1)c1cnncc1CCO. The summed E-state index contributed by atoms with van der Waals surface area (Å²) in [4.78, 5) is 12.1. The van der Waals surface area contributed by atoms with E-state index in [0.717, 1.165) is 5.56 Å². The Morgan fingerprint density at radius 3 is 2.63 bits per heavy atom. The van der Waals surface area contributed by atoms with Crippen molar-refractivity contribution in [2.75, 3.05) is 6.61 Å². The Balaban J connectivity index is 2.04. The van der Waals surface area contributed by atoms with Gasteiger partial charge in [0.2, 0.25) is 0 Å². The number of nitrogens with zero attached hydrogens (tertiary/aromatic N) is 2. The molecule has 0 radical (unpaired) electrons. The largest absolute Gasteiger partial charge is 0.396 e. The van der Waals surface area contributed by atoms with Crippen LogP contribution in [0.2, 0.25) is 0 Å². The second kappa shape index (κ2) is 6.61. The fourth-order valence-corrected chi connectivity index (χ4v) is 1.74. The van der Waals surface area contributed by atoms with Crippen LogP contribution in [0, 0.1) is 0 Å². The number of aliphatic hydroxyl groups excluding tert-OH is 1. The average Bonchev–Trinajstić information content (AvgIpc) is 2.47. The van der Waals surface area contributed by atoms with Crippen molar-refractivity contribution in [2.45, 2.75) is 13.0 Å². The molecular weight excluding hydrogens is 242 g/mol. The van der Waals surface area contributed by atoms with Gasteiger partial charge in [-0.05, 0) is 17.5 Å². The molecule has 5 nitrogen and oxygen atoms in total. The molecule has 2 rings (SSSR count). The topological polar surface area (TPSA) is 75.1 Å². The molecule has 19 heavy (non-hydrogen) atoms. The van der Waals surface area contributed by atoms with E-state index in [9.17, 15) is 4.79 Å². The molecule has 0 aliphatic heterocycles. The van der Waals surface area contributed by atoms with E-state index in [-0.39, 0.29) is 12.5 Å². The normalized spacial score (nSPS) is 10.2. The van der Waals surface area contributed by atoms with E-state index in [4.69, 9.17) is 5.11 Å². The first-order valence-electron chi connectivity index (χ1n) is 6.04. The minimum Gasteiger partial charge on any atom is -0.396 e. The van der Waals surface area contributed by atoms with Gasteiger partial charge in [0.1, 0.15) is 0 Å². The van der Waals surface area contributed by atoms with Gasteiger partial charge in [0.05, 0.1) is 18.0 Å². The molecular formula is C14H15N3O2. The van der Waals surface area contributed by atoms with Crippen molar-refractivity contribution in [3.05, 3.63) is 59.4 Å². The molecule has 1 amide bonds. The van der Waals surface area contributed by atoms with Crippen LogP contribution >= 0.6 is 0 Å². The maximum absolute atomic E-state index is 12.1. The predicted octanol–water partition coefficient (Wildman–Crippen LogP) is 0.941. The van der Waals surface area contributed by atoms with Crippen LogP contribution in [0.3, 0.4) is 0 Å². The Bertz CT molecular complexity index is 543. The van der Waals surface area contributed by atoms with E-state index >= 15 is 0 Å². The van der Waals surface area contributed by atoms with E-state index in [2.05, 4.69) is 15.5 Å². The van der Waals surface area contributed by atoms with Crippen molar-refractivity contribution in [2.24, 2.45) is 0 Å². The van der Waals surface area contributed by atoms with Gasteiger partial charge in [0, 0.05) is 13.2 Å². The highest BCUT2D eigenvalue weighted by Crippen LogP contribution is 2.07. The van der Waals surface area contributed by atoms with Crippen molar-refractivity contribution in [1.82, 2.24) is 15.5 Å². The molecule has 0 saturated carbocycles. The van der Waals surface area contributed by atoms with Gasteiger partial charge in [-0.3, -0.25) is 4.79 Å². The number of aromatic nitrogens is 2. The number of hydrogen-bond donors (Lipinski definition) is 2. The van der Waals surface area contributed by atoms with Gasteiger partial charge in [-0.1, -0.05) is 30.3 Å². The van der Waals surface area contributed by atoms with Crippen molar-refractivity contribution >= 4 is 5.91 Å². The Hall–Kier alpha value is -2.27. The predicted molar refractivity (Wildman–Crippen MR) is 70.4 cm³/mol. The van der Waals surface area contributed by atoms with E-state index in [1.807, 2.05) is 30.3 Å². The zero-order chi connectivity index (χ0) is 13.5. The molecule has 0 aliphatic rings. The van der Waals surface area contributed by atoms with E-state index < -0.39 is 0 Å². The van der Waals surface area contributed by atoms with Gasteiger partial charge in [-0.25, -0.2) is 0 Å².